The van der Waals surface area contributed by atoms with Gasteiger partial charge in [-0.3, -0.25) is 4.79 Å². The Morgan fingerprint density at radius 1 is 1.00 bits per heavy atom. The van der Waals surface area contributed by atoms with E-state index in [1.54, 1.807) is 18.2 Å². The number of halogens is 1. The van der Waals surface area contributed by atoms with Gasteiger partial charge in [-0.2, -0.15) is 5.21 Å². The van der Waals surface area contributed by atoms with Gasteiger partial charge >= 0.3 is 0 Å². The summed E-state index contributed by atoms with van der Waals surface area (Å²) in [5.74, 6) is 0.955. The molecule has 192 valence electrons. The fourth-order valence-corrected chi connectivity index (χ4v) is 4.66. The molecule has 3 heterocycles. The molecule has 3 aromatic heterocycles. The number of carbonyl (C=O) groups excluding carboxylic acids is 1. The third-order valence-corrected chi connectivity index (χ3v) is 6.56. The van der Waals surface area contributed by atoms with E-state index in [0.29, 0.717) is 30.2 Å². The molecule has 0 unspecified atom stereocenters. The van der Waals surface area contributed by atoms with Crippen LogP contribution in [0.25, 0.3) is 22.5 Å². The number of aliphatic hydroxyl groups is 1. The largest absolute Gasteiger partial charge is 0.390 e. The lowest BCUT2D eigenvalue weighted by Gasteiger charge is -2.13. The third kappa shape index (κ3) is 5.25. The molecule has 0 aliphatic carbocycles. The average Bonchev–Trinajstić information content (AvgIpc) is 3.60. The third-order valence-electron chi connectivity index (χ3n) is 6.29. The number of pyridine rings is 1. The van der Waals surface area contributed by atoms with Gasteiger partial charge in [-0.25, -0.2) is 9.97 Å². The summed E-state index contributed by atoms with van der Waals surface area (Å²) in [5.41, 5.74) is 4.79. The number of nitrogens with one attached hydrogen (secondary N) is 1. The van der Waals surface area contributed by atoms with E-state index in [1.807, 2.05) is 53.1 Å². The van der Waals surface area contributed by atoms with E-state index in [0.717, 1.165) is 40.9 Å². The van der Waals surface area contributed by atoms with Crippen molar-refractivity contribution in [2.45, 2.75) is 39.3 Å². The summed E-state index contributed by atoms with van der Waals surface area (Å²) in [6.45, 7) is 2.28. The number of aromatic nitrogens is 7. The molecule has 0 saturated heterocycles. The van der Waals surface area contributed by atoms with Crippen LogP contribution in [0.15, 0.2) is 66.7 Å². The summed E-state index contributed by atoms with van der Waals surface area (Å²) >= 11 is 6.54. The summed E-state index contributed by atoms with van der Waals surface area (Å²) in [6.07, 6.45) is 2.61. The molecule has 0 fully saturated rings. The van der Waals surface area contributed by atoms with E-state index < -0.39 is 0 Å². The zero-order chi connectivity index (χ0) is 26.5. The van der Waals surface area contributed by atoms with Crippen molar-refractivity contribution in [3.8, 4) is 22.5 Å². The maximum absolute atomic E-state index is 13.5. The Balaban J connectivity index is 1.49. The highest BCUT2D eigenvalue weighted by Crippen LogP contribution is 2.30. The van der Waals surface area contributed by atoms with Gasteiger partial charge in [0.2, 0.25) is 11.6 Å². The van der Waals surface area contributed by atoms with Crippen LogP contribution in [-0.2, 0) is 19.6 Å². The van der Waals surface area contributed by atoms with E-state index in [2.05, 4.69) is 37.5 Å². The SMILES string of the molecule is CCCCc1nc(Cl)c(C(=O)c2cccc(CO)n2)n1Cc1ccc(-c2ccccc2-c2nn[nH]n2)cc1. The van der Waals surface area contributed by atoms with E-state index in [1.165, 1.54) is 0 Å². The Kier molecular flexibility index (Phi) is 7.67. The van der Waals surface area contributed by atoms with Crippen molar-refractivity contribution in [2.75, 3.05) is 0 Å². The topological polar surface area (TPSA) is 122 Å². The minimum atomic E-state index is -0.328. The highest BCUT2D eigenvalue weighted by molar-refractivity contribution is 6.33. The Labute approximate surface area is 224 Å². The molecule has 38 heavy (non-hydrogen) atoms. The van der Waals surface area contributed by atoms with Gasteiger partial charge in [-0.15, -0.1) is 10.2 Å². The Morgan fingerprint density at radius 2 is 1.79 bits per heavy atom. The van der Waals surface area contributed by atoms with Crippen LogP contribution in [0.5, 0.6) is 0 Å². The number of unbranched alkanes of at least 4 members (excludes halogenated alkanes) is 1. The second kappa shape index (κ2) is 11.5. The predicted octanol–water partition coefficient (Wildman–Crippen LogP) is 4.89. The van der Waals surface area contributed by atoms with Gasteiger partial charge in [0.1, 0.15) is 17.2 Å². The molecule has 0 amide bonds. The first-order chi connectivity index (χ1) is 18.6. The van der Waals surface area contributed by atoms with Gasteiger partial charge in [-0.05, 0) is 40.5 Å². The maximum Gasteiger partial charge on any atom is 0.230 e. The Hall–Kier alpha value is -4.21. The lowest BCUT2D eigenvalue weighted by atomic mass is 9.98. The number of hydrogen-bond donors (Lipinski definition) is 2. The molecule has 5 rings (SSSR count). The molecule has 5 aromatic rings. The second-order valence-corrected chi connectivity index (χ2v) is 9.19. The second-order valence-electron chi connectivity index (χ2n) is 8.84. The van der Waals surface area contributed by atoms with Gasteiger partial charge in [0.15, 0.2) is 5.15 Å². The van der Waals surface area contributed by atoms with E-state index in [-0.39, 0.29) is 23.2 Å². The number of carbonyl (C=O) groups is 1. The number of hydrogen-bond acceptors (Lipinski definition) is 7. The highest BCUT2D eigenvalue weighted by Gasteiger charge is 2.24. The van der Waals surface area contributed by atoms with Gasteiger partial charge in [0.05, 0.1) is 12.3 Å². The summed E-state index contributed by atoms with van der Waals surface area (Å²) in [5, 5.41) is 24.1. The number of ketones is 1. The van der Waals surface area contributed by atoms with Crippen LogP contribution >= 0.6 is 11.6 Å². The van der Waals surface area contributed by atoms with E-state index in [9.17, 15) is 9.90 Å². The predicted molar refractivity (Wildman–Crippen MR) is 144 cm³/mol. The monoisotopic (exact) mass is 527 g/mol. The van der Waals surface area contributed by atoms with Crippen molar-refractivity contribution >= 4 is 17.4 Å². The van der Waals surface area contributed by atoms with Crippen LogP contribution in [0.1, 0.15) is 53.0 Å². The van der Waals surface area contributed by atoms with Gasteiger partial charge < -0.3 is 9.67 Å². The number of aryl methyl sites for hydroxylation is 1. The van der Waals surface area contributed by atoms with Crippen LogP contribution in [-0.4, -0.2) is 46.0 Å². The Bertz CT molecular complexity index is 1550. The quantitative estimate of drug-likeness (QED) is 0.248. The number of benzene rings is 2. The molecule has 2 aromatic carbocycles. The van der Waals surface area contributed by atoms with Crippen LogP contribution in [0.3, 0.4) is 0 Å². The zero-order valence-electron chi connectivity index (χ0n) is 20.8. The summed E-state index contributed by atoms with van der Waals surface area (Å²) in [4.78, 5) is 22.3. The normalized spacial score (nSPS) is 11.1. The number of aromatic amines is 1. The van der Waals surface area contributed by atoms with Crippen LogP contribution in [0, 0.1) is 0 Å². The first-order valence-electron chi connectivity index (χ1n) is 12.4. The van der Waals surface area contributed by atoms with Crippen LogP contribution in [0.2, 0.25) is 5.15 Å². The number of imidazole rings is 1. The molecule has 0 radical (unpaired) electrons. The highest BCUT2D eigenvalue weighted by atomic mass is 35.5. The Morgan fingerprint density at radius 3 is 2.50 bits per heavy atom. The summed E-state index contributed by atoms with van der Waals surface area (Å²) < 4.78 is 1.88. The van der Waals surface area contributed by atoms with Gasteiger partial charge in [0.25, 0.3) is 0 Å². The van der Waals surface area contributed by atoms with Crippen molar-refractivity contribution in [2.24, 2.45) is 0 Å². The molecular weight excluding hydrogens is 502 g/mol. The van der Waals surface area contributed by atoms with Crippen molar-refractivity contribution in [1.29, 1.82) is 0 Å². The molecule has 0 bridgehead atoms. The molecule has 0 saturated carbocycles. The van der Waals surface area contributed by atoms with E-state index >= 15 is 0 Å². The zero-order valence-corrected chi connectivity index (χ0v) is 21.6. The minimum Gasteiger partial charge on any atom is -0.390 e. The van der Waals surface area contributed by atoms with E-state index in [4.69, 9.17) is 11.6 Å². The number of tetrazole rings is 1. The standard InChI is InChI=1S/C28H26ClN7O2/c1-2-3-11-24-31-27(29)25(26(38)23-10-6-7-20(17-37)30-23)36(24)16-18-12-14-19(15-13-18)21-8-4-5-9-22(21)28-32-34-35-33-28/h4-10,12-15,37H,2-3,11,16-17H2,1H3,(H,32,33,34,35). The first kappa shape index (κ1) is 25.4. The van der Waals surface area contributed by atoms with Gasteiger partial charge in [-0.1, -0.05) is 79.5 Å². The molecule has 0 aliphatic heterocycles. The average molecular weight is 528 g/mol. The molecule has 2 N–H and O–H groups in total. The molecular formula is C28H26ClN7O2. The fourth-order valence-electron chi connectivity index (χ4n) is 4.37. The summed E-state index contributed by atoms with van der Waals surface area (Å²) in [6, 6.07) is 21.0. The fraction of sp³-hybridized carbons (Fsp3) is 0.214. The minimum absolute atomic E-state index is 0.156. The smallest absolute Gasteiger partial charge is 0.230 e. The number of nitrogens with zero attached hydrogens (tertiary/aromatic N) is 6. The lowest BCUT2D eigenvalue weighted by molar-refractivity contribution is 0.102. The lowest BCUT2D eigenvalue weighted by Crippen LogP contribution is -2.15. The number of H-pyrrole nitrogens is 1. The van der Waals surface area contributed by atoms with Crippen LogP contribution < -0.4 is 0 Å². The van der Waals surface area contributed by atoms with Crippen molar-refractivity contribution in [3.05, 3.63) is 100 Å². The molecule has 0 spiro atoms. The maximum atomic E-state index is 13.5. The number of rotatable bonds is 10. The van der Waals surface area contributed by atoms with Gasteiger partial charge in [0, 0.05) is 18.5 Å². The first-order valence-corrected chi connectivity index (χ1v) is 12.8. The molecule has 0 aliphatic rings. The molecule has 10 heteroatoms. The molecule has 0 atom stereocenters. The van der Waals surface area contributed by atoms with Crippen molar-refractivity contribution < 1.29 is 9.90 Å². The number of aliphatic hydroxyl groups excluding tert-OH is 1. The van der Waals surface area contributed by atoms with Crippen LogP contribution in [0.4, 0.5) is 0 Å². The van der Waals surface area contributed by atoms with Crippen molar-refractivity contribution in [1.82, 2.24) is 35.2 Å². The molecule has 9 nitrogen and oxygen atoms in total. The summed E-state index contributed by atoms with van der Waals surface area (Å²) in [7, 11) is 0. The van der Waals surface area contributed by atoms with Crippen molar-refractivity contribution in [3.63, 3.8) is 0 Å².